The third-order valence-electron chi connectivity index (χ3n) is 3.11. The summed E-state index contributed by atoms with van der Waals surface area (Å²) in [5.74, 6) is -2.06. The predicted molar refractivity (Wildman–Crippen MR) is 71.5 cm³/mol. The topological polar surface area (TPSA) is 93.1 Å². The van der Waals surface area contributed by atoms with E-state index >= 15 is 0 Å². The number of nitrogens with zero attached hydrogens (tertiary/aromatic N) is 1. The molecule has 0 bridgehead atoms. The summed E-state index contributed by atoms with van der Waals surface area (Å²) in [5, 5.41) is 8.92. The molecule has 0 atom stereocenters. The van der Waals surface area contributed by atoms with Crippen molar-refractivity contribution in [3.63, 3.8) is 0 Å². The first-order chi connectivity index (χ1) is 10.1. The van der Waals surface area contributed by atoms with Gasteiger partial charge < -0.3 is 14.6 Å². The zero-order chi connectivity index (χ0) is 15.4. The Kier molecular flexibility index (Phi) is 4.66. The molecule has 1 aromatic carbocycles. The number of methoxy groups -OCH3 is 1. The molecule has 1 aliphatic rings. The van der Waals surface area contributed by atoms with Gasteiger partial charge >= 0.3 is 5.97 Å². The van der Waals surface area contributed by atoms with E-state index in [0.29, 0.717) is 13.2 Å². The number of amides is 2. The van der Waals surface area contributed by atoms with E-state index < -0.39 is 17.8 Å². The van der Waals surface area contributed by atoms with Crippen molar-refractivity contribution in [2.24, 2.45) is 0 Å². The smallest absolute Gasteiger partial charge is 0.335 e. The molecule has 0 aliphatic carbocycles. The Labute approximate surface area is 121 Å². The van der Waals surface area contributed by atoms with Gasteiger partial charge in [0.15, 0.2) is 0 Å². The van der Waals surface area contributed by atoms with Gasteiger partial charge in [0.25, 0.3) is 11.8 Å². The molecule has 0 saturated carbocycles. The maximum atomic E-state index is 12.1. The highest BCUT2D eigenvalue weighted by atomic mass is 16.5. The van der Waals surface area contributed by atoms with Gasteiger partial charge in [-0.25, -0.2) is 4.79 Å². The van der Waals surface area contributed by atoms with E-state index in [1.54, 1.807) is 7.11 Å². The van der Waals surface area contributed by atoms with Gasteiger partial charge in [-0.15, -0.1) is 0 Å². The highest BCUT2D eigenvalue weighted by Gasteiger charge is 2.35. The minimum absolute atomic E-state index is 0.0203. The Morgan fingerprint density at radius 2 is 1.86 bits per heavy atom. The van der Waals surface area contributed by atoms with E-state index in [1.807, 2.05) is 0 Å². The van der Waals surface area contributed by atoms with Crippen LogP contribution in [0.1, 0.15) is 31.1 Å². The third kappa shape index (κ3) is 3.09. The second kappa shape index (κ2) is 6.47. The van der Waals surface area contributed by atoms with E-state index in [-0.39, 0.29) is 29.8 Å². The predicted octanol–water partition coefficient (Wildman–Crippen LogP) is 0.644. The van der Waals surface area contributed by atoms with Crippen LogP contribution in [0.25, 0.3) is 0 Å². The number of ether oxygens (including phenoxy) is 2. The lowest BCUT2D eigenvalue weighted by molar-refractivity contribution is 0.0459. The first-order valence-corrected chi connectivity index (χ1v) is 6.36. The molecule has 21 heavy (non-hydrogen) atoms. The van der Waals surface area contributed by atoms with Gasteiger partial charge in [0, 0.05) is 7.11 Å². The van der Waals surface area contributed by atoms with Gasteiger partial charge in [-0.2, -0.15) is 0 Å². The Morgan fingerprint density at radius 3 is 2.52 bits per heavy atom. The molecule has 1 aromatic rings. The fraction of sp³-hybridized carbons (Fsp3) is 0.357. The summed E-state index contributed by atoms with van der Waals surface area (Å²) < 4.78 is 10.0. The number of hydrogen-bond donors (Lipinski definition) is 1. The number of carbonyl (C=O) groups is 3. The number of carboxylic acid groups (broad SMARTS) is 1. The summed E-state index contributed by atoms with van der Waals surface area (Å²) in [6, 6.07) is 3.90. The molecule has 1 aliphatic heterocycles. The second-order valence-electron chi connectivity index (χ2n) is 4.43. The molecule has 1 heterocycles. The van der Waals surface area contributed by atoms with E-state index in [1.165, 1.54) is 18.2 Å². The van der Waals surface area contributed by atoms with E-state index in [0.717, 1.165) is 4.90 Å². The van der Waals surface area contributed by atoms with Crippen LogP contribution in [-0.2, 0) is 9.47 Å². The van der Waals surface area contributed by atoms with E-state index in [4.69, 9.17) is 14.6 Å². The molecule has 0 saturated heterocycles. The fourth-order valence-corrected chi connectivity index (χ4v) is 2.03. The zero-order valence-corrected chi connectivity index (χ0v) is 11.5. The average Bonchev–Trinajstić information content (AvgIpc) is 2.71. The summed E-state index contributed by atoms with van der Waals surface area (Å²) in [5.41, 5.74) is 0.326. The SMILES string of the molecule is COCCOCCN1C(=O)c2ccc(C(=O)O)cc2C1=O. The largest absolute Gasteiger partial charge is 0.478 e. The van der Waals surface area contributed by atoms with Crippen molar-refractivity contribution >= 4 is 17.8 Å². The molecule has 0 radical (unpaired) electrons. The van der Waals surface area contributed by atoms with Crippen LogP contribution in [0, 0.1) is 0 Å². The third-order valence-corrected chi connectivity index (χ3v) is 3.11. The number of hydrogen-bond acceptors (Lipinski definition) is 5. The van der Waals surface area contributed by atoms with Crippen LogP contribution in [-0.4, -0.2) is 61.3 Å². The summed E-state index contributed by atoms with van der Waals surface area (Å²) in [6.45, 7) is 1.14. The molecule has 7 heteroatoms. The van der Waals surface area contributed by atoms with Crippen molar-refractivity contribution < 1.29 is 29.0 Å². The minimum atomic E-state index is -1.14. The number of aromatic carboxylic acids is 1. The lowest BCUT2D eigenvalue weighted by Crippen LogP contribution is -2.33. The Bertz CT molecular complexity index is 583. The molecular weight excluding hydrogens is 278 g/mol. The van der Waals surface area contributed by atoms with Crippen molar-refractivity contribution in [1.29, 1.82) is 0 Å². The van der Waals surface area contributed by atoms with Crippen LogP contribution < -0.4 is 0 Å². The molecule has 1 N–H and O–H groups in total. The average molecular weight is 293 g/mol. The van der Waals surface area contributed by atoms with Gasteiger partial charge in [0.2, 0.25) is 0 Å². The molecule has 2 amide bonds. The van der Waals surface area contributed by atoms with Gasteiger partial charge in [0.1, 0.15) is 0 Å². The number of imide groups is 1. The fourth-order valence-electron chi connectivity index (χ4n) is 2.03. The van der Waals surface area contributed by atoms with Crippen LogP contribution in [0.5, 0.6) is 0 Å². The van der Waals surface area contributed by atoms with Gasteiger partial charge in [0.05, 0.1) is 43.1 Å². The molecule has 0 spiro atoms. The Balaban J connectivity index is 2.06. The summed E-state index contributed by atoms with van der Waals surface area (Å²) in [6.07, 6.45) is 0. The minimum Gasteiger partial charge on any atom is -0.478 e. The van der Waals surface area contributed by atoms with E-state index in [2.05, 4.69) is 0 Å². The molecule has 0 aromatic heterocycles. The molecule has 2 rings (SSSR count). The van der Waals surface area contributed by atoms with Crippen LogP contribution >= 0.6 is 0 Å². The van der Waals surface area contributed by atoms with Crippen molar-refractivity contribution in [2.75, 3.05) is 33.5 Å². The number of benzene rings is 1. The summed E-state index contributed by atoms with van der Waals surface area (Å²) >= 11 is 0. The lowest BCUT2D eigenvalue weighted by Gasteiger charge is -2.13. The molecule has 112 valence electrons. The van der Waals surface area contributed by atoms with Crippen molar-refractivity contribution in [1.82, 2.24) is 4.90 Å². The van der Waals surface area contributed by atoms with Crippen LogP contribution in [0.3, 0.4) is 0 Å². The highest BCUT2D eigenvalue weighted by molar-refractivity contribution is 6.21. The number of rotatable bonds is 7. The highest BCUT2D eigenvalue weighted by Crippen LogP contribution is 2.23. The Hall–Kier alpha value is -2.25. The lowest BCUT2D eigenvalue weighted by atomic mass is 10.1. The monoisotopic (exact) mass is 293 g/mol. The van der Waals surface area contributed by atoms with Gasteiger partial charge in [-0.1, -0.05) is 0 Å². The van der Waals surface area contributed by atoms with Crippen LogP contribution in [0.4, 0.5) is 0 Å². The number of fused-ring (bicyclic) bond motifs is 1. The zero-order valence-electron chi connectivity index (χ0n) is 11.5. The second-order valence-corrected chi connectivity index (χ2v) is 4.43. The number of carboxylic acids is 1. The normalized spacial score (nSPS) is 13.7. The summed E-state index contributed by atoms with van der Waals surface area (Å²) in [7, 11) is 1.55. The number of carbonyl (C=O) groups excluding carboxylic acids is 2. The van der Waals surface area contributed by atoms with Crippen molar-refractivity contribution in [2.45, 2.75) is 0 Å². The van der Waals surface area contributed by atoms with Crippen LogP contribution in [0.15, 0.2) is 18.2 Å². The maximum absolute atomic E-state index is 12.1. The molecule has 7 nitrogen and oxygen atoms in total. The standard InChI is InChI=1S/C14H15NO6/c1-20-6-7-21-5-4-15-12(16)10-3-2-9(14(18)19)8-11(10)13(15)17/h2-3,8H,4-7H2,1H3,(H,18,19). The van der Waals surface area contributed by atoms with Gasteiger partial charge in [-0.05, 0) is 18.2 Å². The Morgan fingerprint density at radius 1 is 1.14 bits per heavy atom. The van der Waals surface area contributed by atoms with Crippen LogP contribution in [0.2, 0.25) is 0 Å². The van der Waals surface area contributed by atoms with Crippen molar-refractivity contribution in [3.8, 4) is 0 Å². The van der Waals surface area contributed by atoms with Gasteiger partial charge in [-0.3, -0.25) is 14.5 Å². The molecule has 0 unspecified atom stereocenters. The first-order valence-electron chi connectivity index (χ1n) is 6.36. The van der Waals surface area contributed by atoms with Crippen molar-refractivity contribution in [3.05, 3.63) is 34.9 Å². The summed E-state index contributed by atoms with van der Waals surface area (Å²) in [4.78, 5) is 36.2. The first kappa shape index (κ1) is 15.1. The molecular formula is C14H15NO6. The quantitative estimate of drug-likeness (QED) is 0.586. The maximum Gasteiger partial charge on any atom is 0.335 e. The molecule has 0 fully saturated rings. The van der Waals surface area contributed by atoms with E-state index in [9.17, 15) is 14.4 Å².